The average Bonchev–Trinajstić information content (AvgIpc) is 2.71. The van der Waals surface area contributed by atoms with Crippen molar-refractivity contribution in [2.75, 3.05) is 19.7 Å². The van der Waals surface area contributed by atoms with E-state index in [9.17, 15) is 4.79 Å². The van der Waals surface area contributed by atoms with E-state index in [-0.39, 0.29) is 6.09 Å². The lowest BCUT2D eigenvalue weighted by molar-refractivity contribution is 0.109. The van der Waals surface area contributed by atoms with Crippen molar-refractivity contribution in [2.45, 2.75) is 19.8 Å². The van der Waals surface area contributed by atoms with E-state index in [1.165, 1.54) is 0 Å². The maximum Gasteiger partial charge on any atom is 0.409 e. The maximum absolute atomic E-state index is 11.9. The SMILES string of the molecule is CCOC(=O)N1CCc2nc3ccccc3c(Cl)c2CC1. The predicted octanol–water partition coefficient (Wildman–Crippen LogP) is 3.45. The summed E-state index contributed by atoms with van der Waals surface area (Å²) in [6.07, 6.45) is 1.16. The minimum atomic E-state index is -0.258. The van der Waals surface area contributed by atoms with Crippen LogP contribution in [0.1, 0.15) is 18.2 Å². The molecule has 1 amide bonds. The number of hydrogen-bond acceptors (Lipinski definition) is 3. The molecule has 21 heavy (non-hydrogen) atoms. The third kappa shape index (κ3) is 2.68. The molecule has 4 nitrogen and oxygen atoms in total. The number of amides is 1. The van der Waals surface area contributed by atoms with Gasteiger partial charge in [0.05, 0.1) is 17.1 Å². The fourth-order valence-corrected chi connectivity index (χ4v) is 3.08. The van der Waals surface area contributed by atoms with Crippen molar-refractivity contribution in [1.82, 2.24) is 9.88 Å². The lowest BCUT2D eigenvalue weighted by Crippen LogP contribution is -2.33. The van der Waals surface area contributed by atoms with E-state index in [0.29, 0.717) is 32.5 Å². The lowest BCUT2D eigenvalue weighted by atomic mass is 10.1. The van der Waals surface area contributed by atoms with E-state index >= 15 is 0 Å². The molecule has 0 fully saturated rings. The second-order valence-electron chi connectivity index (χ2n) is 5.05. The third-order valence-corrected chi connectivity index (χ3v) is 4.22. The normalized spacial score (nSPS) is 14.7. The number of pyridine rings is 1. The monoisotopic (exact) mass is 304 g/mol. The molecule has 0 aliphatic carbocycles. The van der Waals surface area contributed by atoms with Gasteiger partial charge in [-0.25, -0.2) is 4.79 Å². The van der Waals surface area contributed by atoms with Gasteiger partial charge in [-0.05, 0) is 25.0 Å². The molecule has 0 spiro atoms. The van der Waals surface area contributed by atoms with Gasteiger partial charge >= 0.3 is 6.09 Å². The number of aromatic nitrogens is 1. The molecule has 0 saturated heterocycles. The first-order valence-electron chi connectivity index (χ1n) is 7.18. The van der Waals surface area contributed by atoms with Crippen LogP contribution < -0.4 is 0 Å². The summed E-state index contributed by atoms with van der Waals surface area (Å²) in [6.45, 7) is 3.44. The van der Waals surface area contributed by atoms with Gasteiger partial charge in [0.2, 0.25) is 0 Å². The Balaban J connectivity index is 1.94. The van der Waals surface area contributed by atoms with E-state index in [4.69, 9.17) is 21.3 Å². The first kappa shape index (κ1) is 14.1. The predicted molar refractivity (Wildman–Crippen MR) is 82.8 cm³/mol. The Kier molecular flexibility index (Phi) is 3.97. The van der Waals surface area contributed by atoms with Crippen molar-refractivity contribution in [3.05, 3.63) is 40.5 Å². The van der Waals surface area contributed by atoms with Gasteiger partial charge < -0.3 is 9.64 Å². The molecule has 1 aromatic carbocycles. The topological polar surface area (TPSA) is 42.4 Å². The van der Waals surface area contributed by atoms with Crippen LogP contribution in [0.4, 0.5) is 4.79 Å². The van der Waals surface area contributed by atoms with Crippen LogP contribution in [-0.2, 0) is 17.6 Å². The minimum Gasteiger partial charge on any atom is -0.450 e. The number of ether oxygens (including phenoxy) is 1. The van der Waals surface area contributed by atoms with Gasteiger partial charge in [-0.1, -0.05) is 29.8 Å². The molecule has 2 aromatic rings. The molecule has 5 heteroatoms. The molecule has 0 unspecified atom stereocenters. The van der Waals surface area contributed by atoms with Gasteiger partial charge in [-0.2, -0.15) is 0 Å². The summed E-state index contributed by atoms with van der Waals surface area (Å²) in [5, 5.41) is 1.74. The van der Waals surface area contributed by atoms with Crippen LogP contribution in [0.5, 0.6) is 0 Å². The van der Waals surface area contributed by atoms with Crippen LogP contribution in [0.15, 0.2) is 24.3 Å². The van der Waals surface area contributed by atoms with Crippen LogP contribution in [0.3, 0.4) is 0 Å². The van der Waals surface area contributed by atoms with E-state index in [2.05, 4.69) is 0 Å². The van der Waals surface area contributed by atoms with E-state index < -0.39 is 0 Å². The highest BCUT2D eigenvalue weighted by Crippen LogP contribution is 2.30. The van der Waals surface area contributed by atoms with Crippen molar-refractivity contribution in [3.63, 3.8) is 0 Å². The number of nitrogens with zero attached hydrogens (tertiary/aromatic N) is 2. The third-order valence-electron chi connectivity index (χ3n) is 3.79. The molecule has 3 rings (SSSR count). The summed E-state index contributed by atoms with van der Waals surface area (Å²) in [4.78, 5) is 18.3. The summed E-state index contributed by atoms with van der Waals surface area (Å²) in [5.41, 5.74) is 2.96. The Morgan fingerprint density at radius 2 is 2.10 bits per heavy atom. The largest absolute Gasteiger partial charge is 0.450 e. The second kappa shape index (κ2) is 5.90. The highest BCUT2D eigenvalue weighted by molar-refractivity contribution is 6.36. The maximum atomic E-state index is 11.9. The number of benzene rings is 1. The number of fused-ring (bicyclic) bond motifs is 2. The Labute approximate surface area is 128 Å². The zero-order chi connectivity index (χ0) is 14.8. The number of carbonyl (C=O) groups is 1. The van der Waals surface area contributed by atoms with Gasteiger partial charge in [0.15, 0.2) is 0 Å². The molecule has 0 bridgehead atoms. The average molecular weight is 305 g/mol. The van der Waals surface area contributed by atoms with Crippen molar-refractivity contribution in [3.8, 4) is 0 Å². The molecule has 0 atom stereocenters. The highest BCUT2D eigenvalue weighted by atomic mass is 35.5. The molecule has 1 aliphatic rings. The summed E-state index contributed by atoms with van der Waals surface area (Å²) >= 11 is 6.55. The molecule has 2 heterocycles. The molecule has 0 N–H and O–H groups in total. The first-order chi connectivity index (χ1) is 10.2. The van der Waals surface area contributed by atoms with E-state index in [1.54, 1.807) is 4.90 Å². The van der Waals surface area contributed by atoms with E-state index in [0.717, 1.165) is 27.2 Å². The van der Waals surface area contributed by atoms with Crippen LogP contribution >= 0.6 is 11.6 Å². The standard InChI is InChI=1S/C16H17ClN2O2/c1-2-21-16(20)19-9-7-12-14(8-10-19)18-13-6-4-3-5-11(13)15(12)17/h3-6H,2,7-10H2,1H3. The summed E-state index contributed by atoms with van der Waals surface area (Å²) in [5.74, 6) is 0. The Morgan fingerprint density at radius 3 is 2.90 bits per heavy atom. The van der Waals surface area contributed by atoms with Gasteiger partial charge in [0.1, 0.15) is 0 Å². The highest BCUT2D eigenvalue weighted by Gasteiger charge is 2.22. The lowest BCUT2D eigenvalue weighted by Gasteiger charge is -2.18. The quantitative estimate of drug-likeness (QED) is 0.810. The first-order valence-corrected chi connectivity index (χ1v) is 7.56. The van der Waals surface area contributed by atoms with Crippen LogP contribution in [0.2, 0.25) is 5.02 Å². The zero-order valence-electron chi connectivity index (χ0n) is 11.9. The number of halogens is 1. The number of para-hydroxylation sites is 1. The van der Waals surface area contributed by atoms with Crippen LogP contribution in [0, 0.1) is 0 Å². The molecular formula is C16H17ClN2O2. The second-order valence-corrected chi connectivity index (χ2v) is 5.43. The van der Waals surface area contributed by atoms with E-state index in [1.807, 2.05) is 31.2 Å². The fraction of sp³-hybridized carbons (Fsp3) is 0.375. The Morgan fingerprint density at radius 1 is 1.33 bits per heavy atom. The number of carbonyl (C=O) groups excluding carboxylic acids is 1. The molecule has 0 radical (unpaired) electrons. The van der Waals surface area contributed by atoms with Gasteiger partial charge in [-0.15, -0.1) is 0 Å². The van der Waals surface area contributed by atoms with Gasteiger partial charge in [0, 0.05) is 30.6 Å². The number of hydrogen-bond donors (Lipinski definition) is 0. The van der Waals surface area contributed by atoms with Crippen molar-refractivity contribution in [1.29, 1.82) is 0 Å². The van der Waals surface area contributed by atoms with Gasteiger partial charge in [0.25, 0.3) is 0 Å². The summed E-state index contributed by atoms with van der Waals surface area (Å²) in [6, 6.07) is 7.87. The minimum absolute atomic E-state index is 0.258. The molecule has 1 aromatic heterocycles. The van der Waals surface area contributed by atoms with Crippen molar-refractivity contribution < 1.29 is 9.53 Å². The van der Waals surface area contributed by atoms with Crippen molar-refractivity contribution in [2.24, 2.45) is 0 Å². The summed E-state index contributed by atoms with van der Waals surface area (Å²) < 4.78 is 5.08. The fourth-order valence-electron chi connectivity index (χ4n) is 2.72. The van der Waals surface area contributed by atoms with Crippen molar-refractivity contribution >= 4 is 28.6 Å². The number of rotatable bonds is 1. The Hall–Kier alpha value is -1.81. The van der Waals surface area contributed by atoms with Crippen LogP contribution in [0.25, 0.3) is 10.9 Å². The molecular weight excluding hydrogens is 288 g/mol. The molecule has 110 valence electrons. The Bertz CT molecular complexity index is 687. The van der Waals surface area contributed by atoms with Gasteiger partial charge in [-0.3, -0.25) is 4.98 Å². The molecule has 0 saturated carbocycles. The zero-order valence-corrected chi connectivity index (χ0v) is 12.7. The van der Waals surface area contributed by atoms with Crippen LogP contribution in [-0.4, -0.2) is 35.7 Å². The smallest absolute Gasteiger partial charge is 0.409 e. The molecule has 1 aliphatic heterocycles. The summed E-state index contributed by atoms with van der Waals surface area (Å²) in [7, 11) is 0.